The number of phenolic OH excluding ortho intramolecular Hbond substituents is 3. The molecular weight excluding hydrogens is 860 g/mol. The molecule has 3 rings (SSSR count). The minimum Gasteiger partial charge on any atom is -0.507 e. The molecule has 0 bridgehead atoms. The fraction of sp³-hybridized carbons (Fsp3) is 0.647. The molecule has 58 heavy (non-hydrogen) atoms. The molecule has 0 aliphatic carbocycles. The minimum absolute atomic E-state index is 0. The summed E-state index contributed by atoms with van der Waals surface area (Å²) in [6, 6.07) is 12.9. The van der Waals surface area contributed by atoms with Gasteiger partial charge in [-0.05, 0) is 108 Å². The monoisotopic (exact) mass is 948 g/mol. The molecule has 0 aliphatic heterocycles. The Labute approximate surface area is 389 Å². The van der Waals surface area contributed by atoms with E-state index in [0.717, 1.165) is 53.0 Å². The van der Waals surface area contributed by atoms with Gasteiger partial charge in [0.1, 0.15) is 17.2 Å². The fourth-order valence-corrected chi connectivity index (χ4v) is 6.48. The van der Waals surface area contributed by atoms with Gasteiger partial charge in [0.25, 0.3) is 0 Å². The van der Waals surface area contributed by atoms with Crippen LogP contribution in [0.4, 0.5) is 0 Å². The zero-order valence-corrected chi connectivity index (χ0v) is 43.9. The minimum atomic E-state index is -0.0492. The Balaban J connectivity index is 0.000000833. The zero-order chi connectivity index (χ0) is 45.0. The van der Waals surface area contributed by atoms with Crippen LogP contribution < -0.4 is 0 Å². The maximum atomic E-state index is 10.5. The largest absolute Gasteiger partial charge is 0.507 e. The molecule has 0 saturated heterocycles. The van der Waals surface area contributed by atoms with Crippen LogP contribution in [0.3, 0.4) is 0 Å². The van der Waals surface area contributed by atoms with E-state index in [0.29, 0.717) is 17.2 Å². The van der Waals surface area contributed by atoms with E-state index < -0.39 is 0 Å². The van der Waals surface area contributed by atoms with Gasteiger partial charge < -0.3 is 30.0 Å². The number of aromatic hydroxyl groups is 3. The van der Waals surface area contributed by atoms with Crippen LogP contribution in [-0.2, 0) is 52.1 Å². The Morgan fingerprint density at radius 1 is 0.328 bits per heavy atom. The standard InChI is InChI=1S/3C17H29NO.Gd/c3*1-16(2,3)13-9-12(11-18(7)8)15(19)14(10-13)17(4,5)6;/h3*9-10,19H,11H2,1-8H3;. The summed E-state index contributed by atoms with van der Waals surface area (Å²) in [5, 5.41) is 31.6. The maximum absolute atomic E-state index is 10.5. The van der Waals surface area contributed by atoms with Gasteiger partial charge in [0, 0.05) is 76.3 Å². The third-order valence-electron chi connectivity index (χ3n) is 10.0. The Morgan fingerprint density at radius 3 is 0.621 bits per heavy atom. The van der Waals surface area contributed by atoms with Crippen molar-refractivity contribution in [3.05, 3.63) is 86.5 Å². The number of hydrogen-bond acceptors (Lipinski definition) is 6. The molecule has 0 saturated carbocycles. The van der Waals surface area contributed by atoms with E-state index >= 15 is 0 Å². The second-order valence-corrected chi connectivity index (χ2v) is 23.3. The van der Waals surface area contributed by atoms with E-state index in [1.807, 2.05) is 42.3 Å². The van der Waals surface area contributed by atoms with Crippen LogP contribution >= 0.6 is 0 Å². The summed E-state index contributed by atoms with van der Waals surface area (Å²) in [6.45, 7) is 41.5. The molecule has 0 heterocycles. The molecule has 0 atom stereocenters. The Morgan fingerprint density at radius 2 is 0.500 bits per heavy atom. The average molecular weight is 948 g/mol. The molecule has 0 amide bonds. The Hall–Kier alpha value is -1.74. The number of rotatable bonds is 6. The van der Waals surface area contributed by atoms with E-state index in [4.69, 9.17) is 0 Å². The first kappa shape index (κ1) is 56.3. The van der Waals surface area contributed by atoms with Gasteiger partial charge in [0.2, 0.25) is 0 Å². The molecule has 0 fully saturated rings. The molecule has 332 valence electrons. The van der Waals surface area contributed by atoms with Gasteiger partial charge in [0.05, 0.1) is 0 Å². The van der Waals surface area contributed by atoms with Crippen molar-refractivity contribution >= 4 is 0 Å². The summed E-state index contributed by atoms with van der Waals surface area (Å²) < 4.78 is 0. The molecule has 0 spiro atoms. The average Bonchev–Trinajstić information content (AvgIpc) is 2.96. The first-order valence-corrected chi connectivity index (χ1v) is 20.8. The summed E-state index contributed by atoms with van der Waals surface area (Å²) in [4.78, 5) is 6.27. The Bertz CT molecular complexity index is 1560. The number of hydrogen-bond donors (Lipinski definition) is 3. The summed E-state index contributed by atoms with van der Waals surface area (Å²) >= 11 is 0. The van der Waals surface area contributed by atoms with Gasteiger partial charge in [0.15, 0.2) is 0 Å². The van der Waals surface area contributed by atoms with Gasteiger partial charge in [-0.3, -0.25) is 0 Å². The number of benzene rings is 3. The molecular formula is C51H87GdN3O3. The van der Waals surface area contributed by atoms with E-state index in [1.165, 1.54) is 16.7 Å². The van der Waals surface area contributed by atoms with Crippen LogP contribution in [-0.4, -0.2) is 72.3 Å². The third kappa shape index (κ3) is 17.3. The molecule has 3 aromatic carbocycles. The van der Waals surface area contributed by atoms with Crippen LogP contribution in [0.5, 0.6) is 17.2 Å². The number of nitrogens with zero attached hydrogens (tertiary/aromatic N) is 3. The maximum Gasteiger partial charge on any atom is 0.123 e. The second kappa shape index (κ2) is 20.9. The smallest absolute Gasteiger partial charge is 0.123 e. The summed E-state index contributed by atoms with van der Waals surface area (Å²) in [5.74, 6) is 1.36. The molecule has 0 aliphatic rings. The summed E-state index contributed by atoms with van der Waals surface area (Å²) in [6.07, 6.45) is 0. The van der Waals surface area contributed by atoms with E-state index in [2.05, 4.69) is 176 Å². The summed E-state index contributed by atoms with van der Waals surface area (Å²) in [5.41, 5.74) is 10.1. The molecule has 0 aromatic heterocycles. The van der Waals surface area contributed by atoms with Gasteiger partial charge >= 0.3 is 0 Å². The van der Waals surface area contributed by atoms with Gasteiger partial charge in [-0.1, -0.05) is 161 Å². The van der Waals surface area contributed by atoms with Crippen molar-refractivity contribution in [2.45, 2.75) is 177 Å². The molecule has 6 nitrogen and oxygen atoms in total. The van der Waals surface area contributed by atoms with Crippen LogP contribution in [0.25, 0.3) is 0 Å². The molecule has 3 N–H and O–H groups in total. The van der Waals surface area contributed by atoms with E-state index in [-0.39, 0.29) is 72.4 Å². The first-order valence-electron chi connectivity index (χ1n) is 20.8. The van der Waals surface area contributed by atoms with Gasteiger partial charge in [-0.25, -0.2) is 0 Å². The van der Waals surface area contributed by atoms with Crippen molar-refractivity contribution in [2.75, 3.05) is 42.3 Å². The van der Waals surface area contributed by atoms with Crippen molar-refractivity contribution in [2.24, 2.45) is 0 Å². The zero-order valence-electron chi connectivity index (χ0n) is 41.6. The first-order chi connectivity index (χ1) is 25.3. The van der Waals surface area contributed by atoms with Crippen LogP contribution in [0.15, 0.2) is 36.4 Å². The Kier molecular flexibility index (Phi) is 20.3. The molecule has 7 heteroatoms. The van der Waals surface area contributed by atoms with Crippen molar-refractivity contribution in [3.8, 4) is 17.2 Å². The van der Waals surface area contributed by atoms with Crippen LogP contribution in [0, 0.1) is 39.9 Å². The molecule has 3 aromatic rings. The topological polar surface area (TPSA) is 70.4 Å². The van der Waals surface area contributed by atoms with Crippen molar-refractivity contribution < 1.29 is 55.3 Å². The normalized spacial score (nSPS) is 12.9. The van der Waals surface area contributed by atoms with Crippen LogP contribution in [0.2, 0.25) is 0 Å². The predicted molar refractivity (Wildman–Crippen MR) is 249 cm³/mol. The number of phenols is 3. The second-order valence-electron chi connectivity index (χ2n) is 23.3. The molecule has 0 unspecified atom stereocenters. The van der Waals surface area contributed by atoms with Gasteiger partial charge in [-0.15, -0.1) is 0 Å². The van der Waals surface area contributed by atoms with E-state index in [1.54, 1.807) is 0 Å². The quantitative estimate of drug-likeness (QED) is 0.229. The SMILES string of the molecule is CN(C)Cc1cc(C(C)(C)C)cc(C(C)(C)C)c1O.CN(C)Cc1cc(C(C)(C)C)cc(C(C)(C)C)c1O.CN(C)Cc1cc(C(C)(C)C)cc(C(C)(C)C)c1O.[Gd]. The van der Waals surface area contributed by atoms with Crippen LogP contribution in [0.1, 0.15) is 175 Å². The molecule has 0 radical (unpaired) electrons. The predicted octanol–water partition coefficient (Wildman–Crippen LogP) is 12.1. The van der Waals surface area contributed by atoms with Crippen molar-refractivity contribution in [1.82, 2.24) is 14.7 Å². The summed E-state index contributed by atoms with van der Waals surface area (Å²) in [7, 11) is 12.2. The third-order valence-corrected chi connectivity index (χ3v) is 10.0. The van der Waals surface area contributed by atoms with Crippen molar-refractivity contribution in [1.29, 1.82) is 0 Å². The van der Waals surface area contributed by atoms with E-state index in [9.17, 15) is 15.3 Å². The fourth-order valence-electron chi connectivity index (χ4n) is 6.48. The van der Waals surface area contributed by atoms with Crippen molar-refractivity contribution in [3.63, 3.8) is 0 Å². The van der Waals surface area contributed by atoms with Gasteiger partial charge in [-0.2, -0.15) is 0 Å².